The lowest BCUT2D eigenvalue weighted by molar-refractivity contribution is 0.253. The van der Waals surface area contributed by atoms with Gasteiger partial charge < -0.3 is 10.4 Å². The third-order valence-corrected chi connectivity index (χ3v) is 3.81. The second kappa shape index (κ2) is 4.66. The van der Waals surface area contributed by atoms with Crippen LogP contribution < -0.4 is 10.9 Å². The first kappa shape index (κ1) is 12.2. The third-order valence-electron chi connectivity index (χ3n) is 3.81. The number of aromatic nitrogens is 2. The van der Waals surface area contributed by atoms with Gasteiger partial charge in [-0.05, 0) is 36.8 Å². The highest BCUT2D eigenvalue weighted by Crippen LogP contribution is 2.48. The molecule has 5 nitrogen and oxygen atoms in total. The van der Waals surface area contributed by atoms with E-state index in [1.165, 1.54) is 10.5 Å². The molecule has 1 saturated carbocycles. The Hall–Kier alpha value is -1.88. The molecule has 0 aliphatic heterocycles. The van der Waals surface area contributed by atoms with E-state index in [1.807, 2.05) is 18.2 Å². The molecule has 2 aromatic heterocycles. The first-order valence-corrected chi connectivity index (χ1v) is 6.56. The van der Waals surface area contributed by atoms with Gasteiger partial charge in [-0.1, -0.05) is 6.07 Å². The van der Waals surface area contributed by atoms with Crippen LogP contribution in [0.4, 0.5) is 5.82 Å². The molecule has 3 rings (SSSR count). The van der Waals surface area contributed by atoms with Crippen LogP contribution in [-0.2, 0) is 0 Å². The second-order valence-electron chi connectivity index (χ2n) is 5.24. The fraction of sp³-hybridized carbons (Fsp3) is 0.429. The van der Waals surface area contributed by atoms with Crippen molar-refractivity contribution in [1.82, 2.24) is 9.38 Å². The molecule has 0 atom stereocenters. The summed E-state index contributed by atoms with van der Waals surface area (Å²) >= 11 is 0. The quantitative estimate of drug-likeness (QED) is 0.848. The van der Waals surface area contributed by atoms with Crippen molar-refractivity contribution in [3.05, 3.63) is 40.8 Å². The zero-order valence-corrected chi connectivity index (χ0v) is 10.7. The van der Waals surface area contributed by atoms with Crippen LogP contribution >= 0.6 is 0 Å². The smallest absolute Gasteiger partial charge is 0.259 e. The van der Waals surface area contributed by atoms with Crippen molar-refractivity contribution >= 4 is 11.5 Å². The summed E-state index contributed by atoms with van der Waals surface area (Å²) in [6.45, 7) is 0.985. The molecule has 5 heteroatoms. The molecule has 2 N–H and O–H groups in total. The van der Waals surface area contributed by atoms with E-state index in [0.717, 1.165) is 25.8 Å². The fourth-order valence-electron chi connectivity index (χ4n) is 2.35. The average molecular weight is 259 g/mol. The topological polar surface area (TPSA) is 66.6 Å². The van der Waals surface area contributed by atoms with Crippen molar-refractivity contribution in [2.45, 2.75) is 19.3 Å². The largest absolute Gasteiger partial charge is 0.396 e. The molecule has 1 aliphatic carbocycles. The van der Waals surface area contributed by atoms with E-state index >= 15 is 0 Å². The number of rotatable bonds is 5. The molecule has 0 aromatic carbocycles. The number of hydrogen-bond donors (Lipinski definition) is 2. The van der Waals surface area contributed by atoms with Gasteiger partial charge >= 0.3 is 0 Å². The summed E-state index contributed by atoms with van der Waals surface area (Å²) in [6.07, 6.45) is 4.79. The minimum atomic E-state index is -0.0832. The highest BCUT2D eigenvalue weighted by atomic mass is 16.3. The molecule has 2 aromatic rings. The van der Waals surface area contributed by atoms with Gasteiger partial charge in [0.25, 0.3) is 5.56 Å². The maximum absolute atomic E-state index is 11.9. The van der Waals surface area contributed by atoms with Gasteiger partial charge in [0.15, 0.2) is 0 Å². The molecule has 1 aliphatic rings. The van der Waals surface area contributed by atoms with Crippen LogP contribution in [0.15, 0.2) is 35.3 Å². The van der Waals surface area contributed by atoms with Crippen molar-refractivity contribution in [3.63, 3.8) is 0 Å². The Morgan fingerprint density at radius 1 is 1.42 bits per heavy atom. The first-order chi connectivity index (χ1) is 9.22. The van der Waals surface area contributed by atoms with Crippen molar-refractivity contribution in [3.8, 4) is 0 Å². The maximum atomic E-state index is 11.9. The Labute approximate surface area is 110 Å². The van der Waals surface area contributed by atoms with Gasteiger partial charge in [0.05, 0.1) is 0 Å². The van der Waals surface area contributed by atoms with Gasteiger partial charge in [-0.15, -0.1) is 0 Å². The summed E-state index contributed by atoms with van der Waals surface area (Å²) in [5, 5.41) is 12.3. The number of nitrogens with one attached hydrogen (secondary N) is 1. The second-order valence-corrected chi connectivity index (χ2v) is 5.24. The van der Waals surface area contributed by atoms with Gasteiger partial charge in [0.2, 0.25) is 0 Å². The Balaban J connectivity index is 1.80. The van der Waals surface area contributed by atoms with Gasteiger partial charge in [-0.2, -0.15) is 0 Å². The predicted molar refractivity (Wildman–Crippen MR) is 73.3 cm³/mol. The monoisotopic (exact) mass is 259 g/mol. The van der Waals surface area contributed by atoms with E-state index in [-0.39, 0.29) is 17.6 Å². The van der Waals surface area contributed by atoms with Crippen LogP contribution in [0.5, 0.6) is 0 Å². The van der Waals surface area contributed by atoms with Crippen molar-refractivity contribution in [2.24, 2.45) is 5.41 Å². The standard InChI is InChI=1S/C14H17N3O2/c18-8-6-14(4-5-14)10-15-11-9-13(19)17-7-2-1-3-12(17)16-11/h1-3,7,9,15,18H,4-6,8,10H2. The summed E-state index contributed by atoms with van der Waals surface area (Å²) in [5.41, 5.74) is 0.766. The zero-order valence-electron chi connectivity index (χ0n) is 10.7. The van der Waals surface area contributed by atoms with E-state index in [9.17, 15) is 4.79 Å². The minimum Gasteiger partial charge on any atom is -0.396 e. The number of pyridine rings is 1. The molecule has 0 spiro atoms. The first-order valence-electron chi connectivity index (χ1n) is 6.56. The van der Waals surface area contributed by atoms with E-state index in [4.69, 9.17) is 5.11 Å². The fourth-order valence-corrected chi connectivity index (χ4v) is 2.35. The van der Waals surface area contributed by atoms with Crippen molar-refractivity contribution in [1.29, 1.82) is 0 Å². The Morgan fingerprint density at radius 3 is 3.00 bits per heavy atom. The van der Waals surface area contributed by atoms with Gasteiger partial charge in [-0.25, -0.2) is 4.98 Å². The average Bonchev–Trinajstić information content (AvgIpc) is 3.17. The number of anilines is 1. The van der Waals surface area contributed by atoms with E-state index in [2.05, 4.69) is 10.3 Å². The highest BCUT2D eigenvalue weighted by molar-refractivity contribution is 5.46. The number of fused-ring (bicyclic) bond motifs is 1. The van der Waals surface area contributed by atoms with Crippen LogP contribution in [0.25, 0.3) is 5.65 Å². The molecular formula is C14H17N3O2. The Kier molecular flexibility index (Phi) is 2.98. The molecule has 0 saturated heterocycles. The van der Waals surface area contributed by atoms with Crippen LogP contribution in [0.3, 0.4) is 0 Å². The van der Waals surface area contributed by atoms with Gasteiger partial charge in [0.1, 0.15) is 11.5 Å². The summed E-state index contributed by atoms with van der Waals surface area (Å²) in [7, 11) is 0. The van der Waals surface area contributed by atoms with Crippen LogP contribution in [0.2, 0.25) is 0 Å². The van der Waals surface area contributed by atoms with E-state index in [0.29, 0.717) is 11.5 Å². The number of nitrogens with zero attached hydrogens (tertiary/aromatic N) is 2. The number of aliphatic hydroxyl groups is 1. The molecule has 100 valence electrons. The molecule has 0 radical (unpaired) electrons. The zero-order chi connectivity index (χ0) is 13.3. The van der Waals surface area contributed by atoms with Crippen LogP contribution in [-0.4, -0.2) is 27.6 Å². The van der Waals surface area contributed by atoms with E-state index < -0.39 is 0 Å². The maximum Gasteiger partial charge on any atom is 0.259 e. The SMILES string of the molecule is O=c1cc(NCC2(CCO)CC2)nc2ccccn12. The van der Waals surface area contributed by atoms with Gasteiger partial charge in [-0.3, -0.25) is 9.20 Å². The van der Waals surface area contributed by atoms with Gasteiger partial charge in [0, 0.05) is 25.4 Å². The minimum absolute atomic E-state index is 0.0832. The normalized spacial score (nSPS) is 16.5. The summed E-state index contributed by atoms with van der Waals surface area (Å²) in [5.74, 6) is 0.611. The predicted octanol–water partition coefficient (Wildman–Crippen LogP) is 1.27. The summed E-state index contributed by atoms with van der Waals surface area (Å²) < 4.78 is 1.52. The third kappa shape index (κ3) is 2.46. The lowest BCUT2D eigenvalue weighted by atomic mass is 10.0. The molecule has 1 fully saturated rings. The Morgan fingerprint density at radius 2 is 2.26 bits per heavy atom. The molecule has 19 heavy (non-hydrogen) atoms. The molecule has 2 heterocycles. The van der Waals surface area contributed by atoms with E-state index in [1.54, 1.807) is 6.20 Å². The van der Waals surface area contributed by atoms with Crippen LogP contribution in [0, 0.1) is 5.41 Å². The highest BCUT2D eigenvalue weighted by Gasteiger charge is 2.41. The van der Waals surface area contributed by atoms with Crippen LogP contribution in [0.1, 0.15) is 19.3 Å². The number of aliphatic hydroxyl groups excluding tert-OH is 1. The van der Waals surface area contributed by atoms with Crippen molar-refractivity contribution in [2.75, 3.05) is 18.5 Å². The lowest BCUT2D eigenvalue weighted by Gasteiger charge is -2.15. The van der Waals surface area contributed by atoms with Crippen molar-refractivity contribution < 1.29 is 5.11 Å². The molecule has 0 unspecified atom stereocenters. The molecule has 0 bridgehead atoms. The summed E-state index contributed by atoms with van der Waals surface area (Å²) in [6, 6.07) is 7.00. The lowest BCUT2D eigenvalue weighted by Crippen LogP contribution is -2.20. The molecule has 0 amide bonds. The summed E-state index contributed by atoms with van der Waals surface area (Å²) in [4.78, 5) is 16.3. The number of hydrogen-bond acceptors (Lipinski definition) is 4. The molecular weight excluding hydrogens is 242 g/mol. The Bertz CT molecular complexity index is 646.